The standard InChI is InChI=1S/C14H20N4O/c1-9(2)18-14(12(19-4)8-17-18)13(15)11-6-5-10(3)16-7-11/h5-9,13H,15H2,1-4H3. The van der Waals surface area contributed by atoms with Crippen LogP contribution in [0, 0.1) is 6.92 Å². The molecule has 5 heteroatoms. The van der Waals surface area contributed by atoms with Gasteiger partial charge in [0.1, 0.15) is 5.69 Å². The second-order valence-corrected chi connectivity index (χ2v) is 4.85. The van der Waals surface area contributed by atoms with Gasteiger partial charge in [-0.2, -0.15) is 5.10 Å². The first-order valence-electron chi connectivity index (χ1n) is 6.34. The summed E-state index contributed by atoms with van der Waals surface area (Å²) in [6, 6.07) is 3.87. The third-order valence-electron chi connectivity index (χ3n) is 3.10. The Kier molecular flexibility index (Phi) is 3.85. The van der Waals surface area contributed by atoms with Gasteiger partial charge in [0.2, 0.25) is 0 Å². The van der Waals surface area contributed by atoms with E-state index in [0.29, 0.717) is 5.75 Å². The van der Waals surface area contributed by atoms with Crippen molar-refractivity contribution in [2.24, 2.45) is 5.73 Å². The van der Waals surface area contributed by atoms with Gasteiger partial charge >= 0.3 is 0 Å². The molecule has 0 saturated carbocycles. The summed E-state index contributed by atoms with van der Waals surface area (Å²) in [6.45, 7) is 6.08. The summed E-state index contributed by atoms with van der Waals surface area (Å²) in [5.74, 6) is 0.710. The molecule has 1 unspecified atom stereocenters. The number of aromatic nitrogens is 3. The normalized spacial score (nSPS) is 12.7. The van der Waals surface area contributed by atoms with Crippen molar-refractivity contribution in [3.05, 3.63) is 41.5 Å². The van der Waals surface area contributed by atoms with Crippen molar-refractivity contribution in [1.82, 2.24) is 14.8 Å². The van der Waals surface area contributed by atoms with E-state index in [9.17, 15) is 0 Å². The lowest BCUT2D eigenvalue weighted by atomic mass is 10.1. The van der Waals surface area contributed by atoms with Crippen LogP contribution in [0.3, 0.4) is 0 Å². The molecule has 19 heavy (non-hydrogen) atoms. The quantitative estimate of drug-likeness (QED) is 0.915. The van der Waals surface area contributed by atoms with E-state index >= 15 is 0 Å². The van der Waals surface area contributed by atoms with Crippen LogP contribution in [0.1, 0.15) is 42.9 Å². The zero-order chi connectivity index (χ0) is 14.0. The molecular formula is C14H20N4O. The fourth-order valence-corrected chi connectivity index (χ4v) is 2.04. The maximum absolute atomic E-state index is 6.34. The van der Waals surface area contributed by atoms with Crippen LogP contribution in [0.15, 0.2) is 24.5 Å². The molecule has 2 aromatic rings. The largest absolute Gasteiger partial charge is 0.493 e. The minimum Gasteiger partial charge on any atom is -0.493 e. The summed E-state index contributed by atoms with van der Waals surface area (Å²) in [5, 5.41) is 4.34. The van der Waals surface area contributed by atoms with E-state index in [1.54, 1.807) is 19.5 Å². The van der Waals surface area contributed by atoms with Gasteiger partial charge in [-0.05, 0) is 32.4 Å². The number of nitrogens with zero attached hydrogens (tertiary/aromatic N) is 3. The first kappa shape index (κ1) is 13.5. The molecule has 0 aromatic carbocycles. The molecule has 5 nitrogen and oxygen atoms in total. The molecule has 2 N–H and O–H groups in total. The Hall–Kier alpha value is -1.88. The summed E-state index contributed by atoms with van der Waals surface area (Å²) >= 11 is 0. The predicted molar refractivity (Wildman–Crippen MR) is 74.2 cm³/mol. The van der Waals surface area contributed by atoms with E-state index in [1.165, 1.54) is 0 Å². The topological polar surface area (TPSA) is 66.0 Å². The molecule has 2 aromatic heterocycles. The van der Waals surface area contributed by atoms with Crippen molar-refractivity contribution < 1.29 is 4.74 Å². The van der Waals surface area contributed by atoms with Gasteiger partial charge in [-0.1, -0.05) is 6.07 Å². The molecule has 0 aliphatic rings. The van der Waals surface area contributed by atoms with Crippen LogP contribution in [0.25, 0.3) is 0 Å². The van der Waals surface area contributed by atoms with Crippen LogP contribution < -0.4 is 10.5 Å². The predicted octanol–water partition coefficient (Wildman–Crippen LogP) is 2.22. The third-order valence-corrected chi connectivity index (χ3v) is 3.10. The zero-order valence-corrected chi connectivity index (χ0v) is 11.8. The first-order chi connectivity index (χ1) is 9.04. The number of nitrogens with two attached hydrogens (primary N) is 1. The number of hydrogen-bond acceptors (Lipinski definition) is 4. The number of rotatable bonds is 4. The Morgan fingerprint density at radius 3 is 2.53 bits per heavy atom. The molecule has 0 fully saturated rings. The van der Waals surface area contributed by atoms with Gasteiger partial charge in [-0.3, -0.25) is 9.67 Å². The fourth-order valence-electron chi connectivity index (χ4n) is 2.04. The van der Waals surface area contributed by atoms with Gasteiger partial charge in [0.05, 0.1) is 19.3 Å². The fraction of sp³-hybridized carbons (Fsp3) is 0.429. The van der Waals surface area contributed by atoms with Crippen molar-refractivity contribution in [2.45, 2.75) is 32.9 Å². The number of ether oxygens (including phenoxy) is 1. The lowest BCUT2D eigenvalue weighted by Gasteiger charge is -2.18. The van der Waals surface area contributed by atoms with Gasteiger partial charge in [-0.15, -0.1) is 0 Å². The maximum atomic E-state index is 6.34. The highest BCUT2D eigenvalue weighted by Crippen LogP contribution is 2.29. The minimum atomic E-state index is -0.298. The lowest BCUT2D eigenvalue weighted by Crippen LogP contribution is -2.19. The van der Waals surface area contributed by atoms with E-state index in [4.69, 9.17) is 10.5 Å². The average molecular weight is 260 g/mol. The molecule has 1 atom stereocenters. The molecule has 0 bridgehead atoms. The second kappa shape index (κ2) is 5.40. The zero-order valence-electron chi connectivity index (χ0n) is 11.8. The second-order valence-electron chi connectivity index (χ2n) is 4.85. The summed E-state index contributed by atoms with van der Waals surface area (Å²) in [6.07, 6.45) is 3.51. The van der Waals surface area contributed by atoms with Crippen molar-refractivity contribution in [1.29, 1.82) is 0 Å². The molecule has 2 rings (SSSR count). The Bertz CT molecular complexity index is 545. The number of pyridine rings is 1. The van der Waals surface area contributed by atoms with Crippen molar-refractivity contribution in [3.8, 4) is 5.75 Å². The molecule has 0 spiro atoms. The number of aryl methyl sites for hydroxylation is 1. The van der Waals surface area contributed by atoms with Crippen molar-refractivity contribution in [2.75, 3.05) is 7.11 Å². The molecule has 0 aliphatic carbocycles. The van der Waals surface area contributed by atoms with Gasteiger partial charge in [0.25, 0.3) is 0 Å². The van der Waals surface area contributed by atoms with Gasteiger partial charge in [0.15, 0.2) is 5.75 Å². The summed E-state index contributed by atoms with van der Waals surface area (Å²) in [5.41, 5.74) is 9.15. The molecule has 2 heterocycles. The summed E-state index contributed by atoms with van der Waals surface area (Å²) in [7, 11) is 1.63. The molecule has 0 saturated heterocycles. The van der Waals surface area contributed by atoms with Crippen molar-refractivity contribution >= 4 is 0 Å². The van der Waals surface area contributed by atoms with E-state index in [1.807, 2.05) is 23.7 Å². The van der Waals surface area contributed by atoms with Crippen LogP contribution in [0.4, 0.5) is 0 Å². The van der Waals surface area contributed by atoms with E-state index in [0.717, 1.165) is 17.0 Å². The van der Waals surface area contributed by atoms with Crippen molar-refractivity contribution in [3.63, 3.8) is 0 Å². The average Bonchev–Trinajstić information content (AvgIpc) is 2.82. The van der Waals surface area contributed by atoms with E-state index < -0.39 is 0 Å². The van der Waals surface area contributed by atoms with Gasteiger partial charge in [0, 0.05) is 17.9 Å². The Morgan fingerprint density at radius 1 is 1.26 bits per heavy atom. The number of hydrogen-bond donors (Lipinski definition) is 1. The molecule has 0 radical (unpaired) electrons. The van der Waals surface area contributed by atoms with Crippen LogP contribution in [-0.2, 0) is 0 Å². The molecule has 0 amide bonds. The highest BCUT2D eigenvalue weighted by molar-refractivity contribution is 5.35. The summed E-state index contributed by atoms with van der Waals surface area (Å²) < 4.78 is 7.25. The van der Waals surface area contributed by atoms with Crippen LogP contribution in [-0.4, -0.2) is 21.9 Å². The smallest absolute Gasteiger partial charge is 0.161 e. The molecule has 102 valence electrons. The Balaban J connectivity index is 2.44. The summed E-state index contributed by atoms with van der Waals surface area (Å²) in [4.78, 5) is 4.29. The lowest BCUT2D eigenvalue weighted by molar-refractivity contribution is 0.401. The first-order valence-corrected chi connectivity index (χ1v) is 6.34. The Labute approximate surface area is 113 Å². The van der Waals surface area contributed by atoms with Gasteiger partial charge < -0.3 is 10.5 Å². The highest BCUT2D eigenvalue weighted by Gasteiger charge is 2.21. The van der Waals surface area contributed by atoms with Crippen LogP contribution in [0.2, 0.25) is 0 Å². The Morgan fingerprint density at radius 2 is 2.00 bits per heavy atom. The molecular weight excluding hydrogens is 240 g/mol. The van der Waals surface area contributed by atoms with E-state index in [2.05, 4.69) is 23.9 Å². The third kappa shape index (κ3) is 2.61. The minimum absolute atomic E-state index is 0.225. The van der Waals surface area contributed by atoms with Crippen LogP contribution >= 0.6 is 0 Å². The van der Waals surface area contributed by atoms with E-state index in [-0.39, 0.29) is 12.1 Å². The van der Waals surface area contributed by atoms with Gasteiger partial charge in [-0.25, -0.2) is 0 Å². The monoisotopic (exact) mass is 260 g/mol. The highest BCUT2D eigenvalue weighted by atomic mass is 16.5. The maximum Gasteiger partial charge on any atom is 0.161 e. The SMILES string of the molecule is COc1cnn(C(C)C)c1C(N)c1ccc(C)nc1. The number of methoxy groups -OCH3 is 1. The van der Waals surface area contributed by atoms with Crippen LogP contribution in [0.5, 0.6) is 5.75 Å². The molecule has 0 aliphatic heterocycles.